The molecule has 5 heterocycles. The summed E-state index contributed by atoms with van der Waals surface area (Å²) in [5.41, 5.74) is 3.57. The van der Waals surface area contributed by atoms with Crippen molar-refractivity contribution in [3.8, 4) is 0 Å². The van der Waals surface area contributed by atoms with Gasteiger partial charge in [-0.05, 0) is 42.0 Å². The Morgan fingerprint density at radius 1 is 1.07 bits per heavy atom. The van der Waals surface area contributed by atoms with E-state index in [4.69, 9.17) is 4.99 Å². The standard InChI is InChI=1S/C21H21N5S/c1-15-13-26-20(19(24-21(26)27-15)17-5-2-3-9-23-17)18-6-4-12-25(18)14-16-7-10-22-11-8-16/h2-12,15,19-20H,13-14H2,1H3/t15-,19+,20-/m1/s1. The summed E-state index contributed by atoms with van der Waals surface area (Å²) in [6, 6.07) is 14.8. The van der Waals surface area contributed by atoms with E-state index in [9.17, 15) is 0 Å². The van der Waals surface area contributed by atoms with Crippen molar-refractivity contribution in [2.45, 2.75) is 30.8 Å². The quantitative estimate of drug-likeness (QED) is 0.693. The third kappa shape index (κ3) is 3.04. The molecule has 3 aromatic heterocycles. The second kappa shape index (κ2) is 6.85. The fourth-order valence-corrected chi connectivity index (χ4v) is 5.06. The van der Waals surface area contributed by atoms with Crippen molar-refractivity contribution in [2.24, 2.45) is 4.99 Å². The third-order valence-electron chi connectivity index (χ3n) is 5.15. The number of nitrogens with zero attached hydrogens (tertiary/aromatic N) is 5. The summed E-state index contributed by atoms with van der Waals surface area (Å²) >= 11 is 1.88. The van der Waals surface area contributed by atoms with Crippen LogP contribution < -0.4 is 0 Å². The van der Waals surface area contributed by atoms with Crippen LogP contribution in [0.2, 0.25) is 0 Å². The molecule has 0 saturated carbocycles. The molecule has 2 aliphatic heterocycles. The van der Waals surface area contributed by atoms with E-state index in [1.165, 1.54) is 11.3 Å². The summed E-state index contributed by atoms with van der Waals surface area (Å²) in [5.74, 6) is 0. The second-order valence-corrected chi connectivity index (χ2v) is 8.46. The molecule has 0 N–H and O–H groups in total. The van der Waals surface area contributed by atoms with Gasteiger partial charge in [-0.2, -0.15) is 0 Å². The first-order valence-electron chi connectivity index (χ1n) is 9.25. The fraction of sp³-hybridized carbons (Fsp3) is 0.286. The van der Waals surface area contributed by atoms with Crippen molar-refractivity contribution in [1.82, 2.24) is 19.4 Å². The van der Waals surface area contributed by atoms with Gasteiger partial charge in [0.05, 0.1) is 11.7 Å². The highest BCUT2D eigenvalue weighted by Crippen LogP contribution is 2.47. The summed E-state index contributed by atoms with van der Waals surface area (Å²) < 4.78 is 2.34. The average molecular weight is 376 g/mol. The van der Waals surface area contributed by atoms with Crippen LogP contribution in [0.3, 0.4) is 0 Å². The molecule has 136 valence electrons. The van der Waals surface area contributed by atoms with Gasteiger partial charge in [0.15, 0.2) is 5.17 Å². The lowest BCUT2D eigenvalue weighted by atomic mass is 10.0. The Balaban J connectivity index is 1.53. The first kappa shape index (κ1) is 16.6. The van der Waals surface area contributed by atoms with Gasteiger partial charge < -0.3 is 9.47 Å². The van der Waals surface area contributed by atoms with Gasteiger partial charge in [0.1, 0.15) is 6.04 Å². The number of rotatable bonds is 4. The topological polar surface area (TPSA) is 46.3 Å². The molecule has 3 atom stereocenters. The van der Waals surface area contributed by atoms with Gasteiger partial charge in [0.25, 0.3) is 0 Å². The molecule has 3 aromatic rings. The molecule has 0 aromatic carbocycles. The minimum Gasteiger partial charge on any atom is -0.345 e. The van der Waals surface area contributed by atoms with Gasteiger partial charge in [-0.15, -0.1) is 0 Å². The number of aromatic nitrogens is 3. The maximum Gasteiger partial charge on any atom is 0.160 e. The summed E-state index contributed by atoms with van der Waals surface area (Å²) in [5, 5.41) is 1.72. The minimum atomic E-state index is 0.0345. The van der Waals surface area contributed by atoms with Gasteiger partial charge in [-0.1, -0.05) is 24.8 Å². The Kier molecular flexibility index (Phi) is 4.20. The van der Waals surface area contributed by atoms with Crippen LogP contribution in [0.1, 0.15) is 36.0 Å². The van der Waals surface area contributed by atoms with E-state index >= 15 is 0 Å². The molecule has 6 heteroatoms. The summed E-state index contributed by atoms with van der Waals surface area (Å²) in [6.45, 7) is 4.13. The molecule has 0 unspecified atom stereocenters. The number of hydrogen-bond acceptors (Lipinski definition) is 5. The zero-order valence-corrected chi connectivity index (χ0v) is 16.0. The minimum absolute atomic E-state index is 0.0345. The Labute approximate surface area is 163 Å². The van der Waals surface area contributed by atoms with E-state index in [0.29, 0.717) is 5.25 Å². The fourth-order valence-electron chi connectivity index (χ4n) is 3.96. The first-order chi connectivity index (χ1) is 13.3. The van der Waals surface area contributed by atoms with Gasteiger partial charge in [-0.3, -0.25) is 15.0 Å². The molecule has 1 fully saturated rings. The highest BCUT2D eigenvalue weighted by Gasteiger charge is 2.44. The summed E-state index contributed by atoms with van der Waals surface area (Å²) in [6.07, 6.45) is 7.73. The maximum atomic E-state index is 5.08. The van der Waals surface area contributed by atoms with E-state index in [0.717, 1.165) is 24.0 Å². The van der Waals surface area contributed by atoms with Crippen molar-refractivity contribution in [1.29, 1.82) is 0 Å². The van der Waals surface area contributed by atoms with E-state index in [1.54, 1.807) is 0 Å². The largest absolute Gasteiger partial charge is 0.345 e. The normalized spacial score (nSPS) is 24.1. The third-order valence-corrected chi connectivity index (χ3v) is 6.25. The Hall–Kier alpha value is -2.60. The molecule has 1 saturated heterocycles. The lowest BCUT2D eigenvalue weighted by molar-refractivity contribution is 0.308. The van der Waals surface area contributed by atoms with Crippen LogP contribution in [0.15, 0.2) is 72.2 Å². The van der Waals surface area contributed by atoms with Gasteiger partial charge in [0.2, 0.25) is 0 Å². The molecule has 2 aliphatic rings. The van der Waals surface area contributed by atoms with Crippen molar-refractivity contribution in [2.75, 3.05) is 6.54 Å². The summed E-state index contributed by atoms with van der Waals surface area (Å²) in [7, 11) is 0. The molecule has 27 heavy (non-hydrogen) atoms. The number of pyridine rings is 2. The van der Waals surface area contributed by atoms with E-state index < -0.39 is 0 Å². The zero-order valence-electron chi connectivity index (χ0n) is 15.1. The van der Waals surface area contributed by atoms with Gasteiger partial charge >= 0.3 is 0 Å². The number of hydrogen-bond donors (Lipinski definition) is 0. The molecular weight excluding hydrogens is 354 g/mol. The van der Waals surface area contributed by atoms with Crippen LogP contribution in [-0.4, -0.2) is 36.4 Å². The van der Waals surface area contributed by atoms with Crippen LogP contribution in [-0.2, 0) is 6.54 Å². The first-order valence-corrected chi connectivity index (χ1v) is 10.1. The van der Waals surface area contributed by atoms with Crippen LogP contribution in [0, 0.1) is 0 Å². The molecule has 5 rings (SSSR count). The second-order valence-electron chi connectivity index (χ2n) is 7.05. The van der Waals surface area contributed by atoms with Crippen molar-refractivity contribution in [3.05, 3.63) is 84.2 Å². The molecule has 0 spiro atoms. The smallest absolute Gasteiger partial charge is 0.160 e. The SMILES string of the molecule is C[C@@H]1CN2C(=N[C@@H](c3ccccn3)[C@H]2c2cccn2Cc2ccncc2)S1. The highest BCUT2D eigenvalue weighted by atomic mass is 32.2. The van der Waals surface area contributed by atoms with Gasteiger partial charge in [0, 0.05) is 48.8 Å². The summed E-state index contributed by atoms with van der Waals surface area (Å²) in [4.78, 5) is 16.3. The molecule has 0 bridgehead atoms. The molecular formula is C21H21N5S. The number of fused-ring (bicyclic) bond motifs is 1. The van der Waals surface area contributed by atoms with Crippen molar-refractivity contribution >= 4 is 16.9 Å². The predicted molar refractivity (Wildman–Crippen MR) is 109 cm³/mol. The predicted octanol–water partition coefficient (Wildman–Crippen LogP) is 3.92. The number of aliphatic imine (C=N–C) groups is 1. The highest BCUT2D eigenvalue weighted by molar-refractivity contribution is 8.14. The molecule has 5 nitrogen and oxygen atoms in total. The van der Waals surface area contributed by atoms with E-state index in [1.807, 2.05) is 36.4 Å². The van der Waals surface area contributed by atoms with Crippen LogP contribution in [0.25, 0.3) is 0 Å². The Bertz CT molecular complexity index is 953. The van der Waals surface area contributed by atoms with Crippen LogP contribution in [0.5, 0.6) is 0 Å². The van der Waals surface area contributed by atoms with E-state index in [-0.39, 0.29) is 12.1 Å². The Morgan fingerprint density at radius 3 is 2.78 bits per heavy atom. The van der Waals surface area contributed by atoms with Crippen LogP contribution in [0.4, 0.5) is 0 Å². The molecule has 0 aliphatic carbocycles. The lowest BCUT2D eigenvalue weighted by Gasteiger charge is -2.28. The van der Waals surface area contributed by atoms with Crippen molar-refractivity contribution in [3.63, 3.8) is 0 Å². The van der Waals surface area contributed by atoms with Crippen molar-refractivity contribution < 1.29 is 0 Å². The van der Waals surface area contributed by atoms with E-state index in [2.05, 4.69) is 69.0 Å². The number of thioether (sulfide) groups is 1. The number of amidine groups is 1. The zero-order chi connectivity index (χ0) is 18.2. The molecule has 0 amide bonds. The lowest BCUT2D eigenvalue weighted by Crippen LogP contribution is -2.30. The van der Waals surface area contributed by atoms with Crippen LogP contribution >= 0.6 is 11.8 Å². The monoisotopic (exact) mass is 375 g/mol. The maximum absolute atomic E-state index is 5.08. The van der Waals surface area contributed by atoms with Gasteiger partial charge in [-0.25, -0.2) is 0 Å². The molecule has 0 radical (unpaired) electrons. The Morgan fingerprint density at radius 2 is 1.96 bits per heavy atom. The average Bonchev–Trinajstić information content (AvgIpc) is 3.37.